The summed E-state index contributed by atoms with van der Waals surface area (Å²) in [7, 11) is 3.12. The number of hydrogen-bond donors (Lipinski definition) is 1. The van der Waals surface area contributed by atoms with Crippen LogP contribution in [0.3, 0.4) is 0 Å². The first-order valence-electron chi connectivity index (χ1n) is 8.27. The second-order valence-corrected chi connectivity index (χ2v) is 6.95. The molecule has 8 heteroatoms. The molecule has 1 heterocycles. The number of benzene rings is 2. The van der Waals surface area contributed by atoms with E-state index in [2.05, 4.69) is 15.5 Å². The van der Waals surface area contributed by atoms with E-state index in [-0.39, 0.29) is 11.2 Å². The average Bonchev–Trinajstić information content (AvgIpc) is 3.16. The van der Waals surface area contributed by atoms with Gasteiger partial charge in [-0.2, -0.15) is 0 Å². The Morgan fingerprint density at radius 2 is 1.85 bits per heavy atom. The van der Waals surface area contributed by atoms with Crippen LogP contribution in [0.1, 0.15) is 6.92 Å². The molecule has 0 fully saturated rings. The van der Waals surface area contributed by atoms with E-state index in [4.69, 9.17) is 9.47 Å². The van der Waals surface area contributed by atoms with E-state index in [1.165, 1.54) is 11.8 Å². The lowest BCUT2D eigenvalue weighted by Crippen LogP contribution is -2.22. The lowest BCUT2D eigenvalue weighted by atomic mass is 10.2. The summed E-state index contributed by atoms with van der Waals surface area (Å²) in [5.74, 6) is 1.02. The van der Waals surface area contributed by atoms with Gasteiger partial charge in [0, 0.05) is 17.4 Å². The molecule has 0 aliphatic rings. The Kier molecular flexibility index (Phi) is 5.97. The van der Waals surface area contributed by atoms with E-state index in [9.17, 15) is 4.79 Å². The highest BCUT2D eigenvalue weighted by Crippen LogP contribution is 2.30. The molecular formula is C19H20N4O3S. The molecule has 0 saturated heterocycles. The zero-order valence-corrected chi connectivity index (χ0v) is 16.1. The zero-order valence-electron chi connectivity index (χ0n) is 15.2. The maximum absolute atomic E-state index is 12.6. The highest BCUT2D eigenvalue weighted by Gasteiger charge is 2.19. The van der Waals surface area contributed by atoms with Gasteiger partial charge in [0.25, 0.3) is 0 Å². The first kappa shape index (κ1) is 18.8. The Hall–Kier alpha value is -3.00. The molecular weight excluding hydrogens is 364 g/mol. The minimum absolute atomic E-state index is 0.144. The lowest BCUT2D eigenvalue weighted by Gasteiger charge is -2.14. The number of methoxy groups -OCH3 is 2. The van der Waals surface area contributed by atoms with Crippen LogP contribution in [0.25, 0.3) is 5.69 Å². The van der Waals surface area contributed by atoms with Crippen LogP contribution < -0.4 is 14.8 Å². The summed E-state index contributed by atoms with van der Waals surface area (Å²) in [6.45, 7) is 1.82. The van der Waals surface area contributed by atoms with Crippen molar-refractivity contribution in [1.29, 1.82) is 0 Å². The van der Waals surface area contributed by atoms with Crippen LogP contribution in [-0.4, -0.2) is 40.1 Å². The molecule has 0 saturated carbocycles. The normalized spacial score (nSPS) is 11.7. The average molecular weight is 384 g/mol. The van der Waals surface area contributed by atoms with Crippen molar-refractivity contribution in [1.82, 2.24) is 14.8 Å². The Morgan fingerprint density at radius 3 is 2.56 bits per heavy atom. The number of thioether (sulfide) groups is 1. The summed E-state index contributed by atoms with van der Waals surface area (Å²) in [6.07, 6.45) is 1.64. The molecule has 3 aromatic rings. The molecule has 1 amide bonds. The van der Waals surface area contributed by atoms with Gasteiger partial charge in [0.15, 0.2) is 16.7 Å². The maximum atomic E-state index is 12.6. The predicted molar refractivity (Wildman–Crippen MR) is 105 cm³/mol. The molecule has 1 unspecified atom stereocenters. The van der Waals surface area contributed by atoms with Crippen molar-refractivity contribution in [2.24, 2.45) is 0 Å². The molecule has 0 aliphatic carbocycles. The molecule has 3 rings (SSSR count). The third-order valence-electron chi connectivity index (χ3n) is 3.85. The number of amides is 1. The number of carbonyl (C=O) groups is 1. The molecule has 140 valence electrons. The van der Waals surface area contributed by atoms with Crippen molar-refractivity contribution in [3.63, 3.8) is 0 Å². The third-order valence-corrected chi connectivity index (χ3v) is 4.91. The summed E-state index contributed by atoms with van der Waals surface area (Å²) < 4.78 is 12.3. The highest BCUT2D eigenvalue weighted by atomic mass is 32.2. The Labute approximate surface area is 161 Å². The van der Waals surface area contributed by atoms with E-state index >= 15 is 0 Å². The van der Waals surface area contributed by atoms with Gasteiger partial charge in [-0.1, -0.05) is 30.0 Å². The minimum Gasteiger partial charge on any atom is -0.493 e. The molecule has 2 aromatic carbocycles. The van der Waals surface area contributed by atoms with Gasteiger partial charge in [-0.05, 0) is 31.2 Å². The fraction of sp³-hybridized carbons (Fsp3) is 0.211. The number of aromatic nitrogens is 3. The molecule has 27 heavy (non-hydrogen) atoms. The van der Waals surface area contributed by atoms with Crippen LogP contribution in [0.4, 0.5) is 5.69 Å². The van der Waals surface area contributed by atoms with Crippen LogP contribution in [0.5, 0.6) is 11.5 Å². The number of para-hydroxylation sites is 1. The van der Waals surface area contributed by atoms with Crippen molar-refractivity contribution in [2.45, 2.75) is 17.3 Å². The van der Waals surface area contributed by atoms with Gasteiger partial charge in [-0.15, -0.1) is 10.2 Å². The van der Waals surface area contributed by atoms with E-state index in [1.54, 1.807) is 38.7 Å². The maximum Gasteiger partial charge on any atom is 0.237 e. The summed E-state index contributed by atoms with van der Waals surface area (Å²) in [6, 6.07) is 15.0. The van der Waals surface area contributed by atoms with Crippen molar-refractivity contribution in [2.75, 3.05) is 19.5 Å². The number of carbonyl (C=O) groups excluding carboxylic acids is 1. The summed E-state index contributed by atoms with van der Waals surface area (Å²) in [4.78, 5) is 12.6. The topological polar surface area (TPSA) is 78.3 Å². The number of rotatable bonds is 7. The van der Waals surface area contributed by atoms with Gasteiger partial charge in [-0.3, -0.25) is 9.36 Å². The quantitative estimate of drug-likeness (QED) is 0.629. The molecule has 0 spiro atoms. The van der Waals surface area contributed by atoms with Gasteiger partial charge in [0.1, 0.15) is 6.33 Å². The van der Waals surface area contributed by atoms with E-state index < -0.39 is 0 Å². The molecule has 7 nitrogen and oxygen atoms in total. The third kappa shape index (κ3) is 4.40. The minimum atomic E-state index is -0.371. The Morgan fingerprint density at radius 1 is 1.11 bits per heavy atom. The second-order valence-electron chi connectivity index (χ2n) is 5.64. The van der Waals surface area contributed by atoms with Crippen LogP contribution in [0.15, 0.2) is 60.0 Å². The molecule has 1 aromatic heterocycles. The lowest BCUT2D eigenvalue weighted by molar-refractivity contribution is -0.115. The molecule has 1 atom stereocenters. The first-order valence-corrected chi connectivity index (χ1v) is 9.15. The highest BCUT2D eigenvalue weighted by molar-refractivity contribution is 8.00. The van der Waals surface area contributed by atoms with Crippen molar-refractivity contribution < 1.29 is 14.3 Å². The summed E-state index contributed by atoms with van der Waals surface area (Å²) in [5, 5.41) is 11.3. The van der Waals surface area contributed by atoms with Gasteiger partial charge < -0.3 is 14.8 Å². The van der Waals surface area contributed by atoms with Crippen LogP contribution in [0, 0.1) is 0 Å². The van der Waals surface area contributed by atoms with E-state index in [1.807, 2.05) is 41.8 Å². The van der Waals surface area contributed by atoms with Crippen LogP contribution in [0.2, 0.25) is 0 Å². The Balaban J connectivity index is 1.70. The predicted octanol–water partition coefficient (Wildman–Crippen LogP) is 3.40. The van der Waals surface area contributed by atoms with Gasteiger partial charge >= 0.3 is 0 Å². The fourth-order valence-electron chi connectivity index (χ4n) is 2.44. The Bertz CT molecular complexity index is 914. The van der Waals surface area contributed by atoms with E-state index in [0.29, 0.717) is 22.3 Å². The number of ether oxygens (including phenoxy) is 2. The number of anilines is 1. The smallest absolute Gasteiger partial charge is 0.237 e. The van der Waals surface area contributed by atoms with Gasteiger partial charge in [-0.25, -0.2) is 0 Å². The standard InChI is InChI=1S/C19H20N4O3S/c1-13(18(24)21-14-9-10-16(25-2)17(11-14)26-3)27-19-22-20-12-23(19)15-7-5-4-6-8-15/h4-13H,1-3H3,(H,21,24). The van der Waals surface area contributed by atoms with Crippen molar-refractivity contribution in [3.05, 3.63) is 54.9 Å². The van der Waals surface area contributed by atoms with Crippen LogP contribution in [-0.2, 0) is 4.79 Å². The molecule has 1 N–H and O–H groups in total. The number of hydrogen-bond acceptors (Lipinski definition) is 6. The van der Waals surface area contributed by atoms with Crippen molar-refractivity contribution >= 4 is 23.4 Å². The molecule has 0 radical (unpaired) electrons. The second kappa shape index (κ2) is 8.59. The SMILES string of the molecule is COc1ccc(NC(=O)C(C)Sc2nncn2-c2ccccc2)cc1OC. The monoisotopic (exact) mass is 384 g/mol. The van der Waals surface area contributed by atoms with Gasteiger partial charge in [0.2, 0.25) is 5.91 Å². The zero-order chi connectivity index (χ0) is 19.2. The molecule has 0 bridgehead atoms. The number of nitrogens with one attached hydrogen (secondary N) is 1. The largest absolute Gasteiger partial charge is 0.493 e. The van der Waals surface area contributed by atoms with Gasteiger partial charge in [0.05, 0.1) is 19.5 Å². The first-order chi connectivity index (χ1) is 13.1. The van der Waals surface area contributed by atoms with Crippen molar-refractivity contribution in [3.8, 4) is 17.2 Å². The molecule has 0 aliphatic heterocycles. The number of nitrogens with zero attached hydrogens (tertiary/aromatic N) is 3. The summed E-state index contributed by atoms with van der Waals surface area (Å²) in [5.41, 5.74) is 1.58. The summed E-state index contributed by atoms with van der Waals surface area (Å²) >= 11 is 1.34. The van der Waals surface area contributed by atoms with Crippen LogP contribution >= 0.6 is 11.8 Å². The fourth-order valence-corrected chi connectivity index (χ4v) is 3.28. The van der Waals surface area contributed by atoms with E-state index in [0.717, 1.165) is 5.69 Å².